The smallest absolute Gasteiger partial charge is 0.0946 e. The Morgan fingerprint density at radius 2 is 2.50 bits per heavy atom. The fourth-order valence-electron chi connectivity index (χ4n) is 0.858. The second-order valence-corrected chi connectivity index (χ2v) is 4.00. The minimum Gasteiger partial charge on any atom is -0.337 e. The number of thioether (sulfide) groups is 1. The van der Waals surface area contributed by atoms with Crippen molar-refractivity contribution in [2.24, 2.45) is 5.73 Å². The number of imidazole rings is 1. The van der Waals surface area contributed by atoms with Gasteiger partial charge in [-0.05, 0) is 6.92 Å². The maximum atomic E-state index is 5.61. The summed E-state index contributed by atoms with van der Waals surface area (Å²) in [6.45, 7) is 3.06. The van der Waals surface area contributed by atoms with Crippen LogP contribution in [0, 0.1) is 0 Å². The van der Waals surface area contributed by atoms with Gasteiger partial charge in [0.2, 0.25) is 0 Å². The van der Waals surface area contributed by atoms with Crippen molar-refractivity contribution in [2.75, 3.05) is 11.5 Å². The largest absolute Gasteiger partial charge is 0.337 e. The predicted octanol–water partition coefficient (Wildman–Crippen LogP) is 0.963. The summed E-state index contributed by atoms with van der Waals surface area (Å²) in [4.78, 5) is 3.97. The Morgan fingerprint density at radius 1 is 1.67 bits per heavy atom. The van der Waals surface area contributed by atoms with Crippen molar-refractivity contribution in [1.82, 2.24) is 9.55 Å². The van der Waals surface area contributed by atoms with E-state index in [9.17, 15) is 0 Å². The summed E-state index contributed by atoms with van der Waals surface area (Å²) in [5.74, 6) is 2.15. The number of nitrogens with two attached hydrogens (primary N) is 1. The van der Waals surface area contributed by atoms with Gasteiger partial charge in [-0.1, -0.05) is 0 Å². The van der Waals surface area contributed by atoms with Crippen LogP contribution in [0.5, 0.6) is 0 Å². The Hall–Kier alpha value is -0.480. The van der Waals surface area contributed by atoms with Crippen molar-refractivity contribution in [3.8, 4) is 0 Å². The van der Waals surface area contributed by atoms with Crippen LogP contribution >= 0.6 is 11.8 Å². The average Bonchev–Trinajstić information content (AvgIpc) is 2.49. The third-order valence-electron chi connectivity index (χ3n) is 1.43. The van der Waals surface area contributed by atoms with Gasteiger partial charge < -0.3 is 10.3 Å². The van der Waals surface area contributed by atoms with Gasteiger partial charge in [-0.15, -0.1) is 0 Å². The summed E-state index contributed by atoms with van der Waals surface area (Å²) < 4.78 is 2.08. The lowest BCUT2D eigenvalue weighted by atomic mass is 10.4. The second kappa shape index (κ2) is 5.22. The Bertz CT molecular complexity index is 196. The first-order valence-electron chi connectivity index (χ1n) is 4.08. The number of nitrogens with zero attached hydrogens (tertiary/aromatic N) is 2. The molecular weight excluding hydrogens is 170 g/mol. The maximum absolute atomic E-state index is 5.61. The molecule has 0 saturated carbocycles. The molecule has 0 saturated heterocycles. The molecule has 68 valence electrons. The van der Waals surface area contributed by atoms with E-state index in [4.69, 9.17) is 5.73 Å². The molecule has 3 nitrogen and oxygen atoms in total. The van der Waals surface area contributed by atoms with Gasteiger partial charge >= 0.3 is 0 Å². The molecule has 1 aromatic rings. The molecule has 0 amide bonds. The van der Waals surface area contributed by atoms with Gasteiger partial charge in [-0.2, -0.15) is 11.8 Å². The van der Waals surface area contributed by atoms with Crippen LogP contribution in [0.15, 0.2) is 18.7 Å². The third kappa shape index (κ3) is 3.78. The molecule has 0 aliphatic carbocycles. The molecule has 1 unspecified atom stereocenters. The normalized spacial score (nSPS) is 13.2. The van der Waals surface area contributed by atoms with Gasteiger partial charge in [0, 0.05) is 36.5 Å². The summed E-state index contributed by atoms with van der Waals surface area (Å²) in [7, 11) is 0. The SMILES string of the molecule is CC(N)CSCCn1ccnc1. The number of rotatable bonds is 5. The summed E-state index contributed by atoms with van der Waals surface area (Å²) in [5.41, 5.74) is 5.61. The van der Waals surface area contributed by atoms with E-state index in [0.29, 0.717) is 6.04 Å². The molecule has 0 bridgehead atoms. The zero-order valence-corrected chi connectivity index (χ0v) is 8.13. The molecule has 0 radical (unpaired) electrons. The van der Waals surface area contributed by atoms with Crippen LogP contribution in [-0.2, 0) is 6.54 Å². The molecule has 0 aliphatic heterocycles. The molecule has 0 aromatic carbocycles. The lowest BCUT2D eigenvalue weighted by Crippen LogP contribution is -2.18. The molecule has 2 N–H and O–H groups in total. The number of aromatic nitrogens is 2. The van der Waals surface area contributed by atoms with E-state index in [0.717, 1.165) is 18.1 Å². The minimum atomic E-state index is 0.304. The van der Waals surface area contributed by atoms with Crippen LogP contribution in [0.2, 0.25) is 0 Å². The van der Waals surface area contributed by atoms with E-state index >= 15 is 0 Å². The molecule has 12 heavy (non-hydrogen) atoms. The first-order chi connectivity index (χ1) is 5.79. The zero-order valence-electron chi connectivity index (χ0n) is 7.31. The van der Waals surface area contributed by atoms with E-state index in [2.05, 4.69) is 9.55 Å². The Kier molecular flexibility index (Phi) is 4.18. The highest BCUT2D eigenvalue weighted by molar-refractivity contribution is 7.99. The lowest BCUT2D eigenvalue weighted by molar-refractivity contribution is 0.767. The van der Waals surface area contributed by atoms with E-state index in [1.165, 1.54) is 0 Å². The van der Waals surface area contributed by atoms with Gasteiger partial charge in [-0.25, -0.2) is 4.98 Å². The van der Waals surface area contributed by atoms with Gasteiger partial charge in [0.1, 0.15) is 0 Å². The van der Waals surface area contributed by atoms with Crippen molar-refractivity contribution in [1.29, 1.82) is 0 Å². The van der Waals surface area contributed by atoms with Gasteiger partial charge in [0.25, 0.3) is 0 Å². The highest BCUT2D eigenvalue weighted by Gasteiger charge is 1.94. The van der Waals surface area contributed by atoms with Crippen LogP contribution in [0.25, 0.3) is 0 Å². The van der Waals surface area contributed by atoms with Crippen LogP contribution in [0.1, 0.15) is 6.92 Å². The van der Waals surface area contributed by atoms with Crippen molar-refractivity contribution < 1.29 is 0 Å². The molecular formula is C8H15N3S. The maximum Gasteiger partial charge on any atom is 0.0946 e. The minimum absolute atomic E-state index is 0.304. The Morgan fingerprint density at radius 3 is 3.08 bits per heavy atom. The van der Waals surface area contributed by atoms with E-state index < -0.39 is 0 Å². The Balaban J connectivity index is 2.04. The quantitative estimate of drug-likeness (QED) is 0.695. The van der Waals surface area contributed by atoms with Gasteiger partial charge in [-0.3, -0.25) is 0 Å². The molecule has 1 rings (SSSR count). The highest BCUT2D eigenvalue weighted by atomic mass is 32.2. The van der Waals surface area contributed by atoms with Crippen LogP contribution in [0.4, 0.5) is 0 Å². The number of hydrogen-bond donors (Lipinski definition) is 1. The van der Waals surface area contributed by atoms with E-state index in [1.54, 1.807) is 6.20 Å². The number of aryl methyl sites for hydroxylation is 1. The molecule has 0 aliphatic rings. The fourth-order valence-corrected chi connectivity index (χ4v) is 1.74. The Labute approximate surface area is 77.4 Å². The first-order valence-corrected chi connectivity index (χ1v) is 5.23. The summed E-state index contributed by atoms with van der Waals surface area (Å²) in [6, 6.07) is 0.304. The van der Waals surface area contributed by atoms with Crippen molar-refractivity contribution >= 4 is 11.8 Å². The van der Waals surface area contributed by atoms with Crippen molar-refractivity contribution in [3.63, 3.8) is 0 Å². The van der Waals surface area contributed by atoms with Crippen molar-refractivity contribution in [2.45, 2.75) is 19.5 Å². The van der Waals surface area contributed by atoms with Crippen LogP contribution in [0.3, 0.4) is 0 Å². The lowest BCUT2D eigenvalue weighted by Gasteiger charge is -2.04. The molecule has 1 aromatic heterocycles. The first kappa shape index (κ1) is 9.61. The summed E-state index contributed by atoms with van der Waals surface area (Å²) in [5, 5.41) is 0. The standard InChI is InChI=1S/C8H15N3S/c1-8(9)6-12-5-4-11-3-2-10-7-11/h2-3,7-8H,4-6,9H2,1H3. The summed E-state index contributed by atoms with van der Waals surface area (Å²) >= 11 is 1.89. The molecule has 1 atom stereocenters. The summed E-state index contributed by atoms with van der Waals surface area (Å²) in [6.07, 6.45) is 5.62. The third-order valence-corrected chi connectivity index (χ3v) is 2.67. The highest BCUT2D eigenvalue weighted by Crippen LogP contribution is 2.02. The monoisotopic (exact) mass is 185 g/mol. The second-order valence-electron chi connectivity index (χ2n) is 2.85. The van der Waals surface area contributed by atoms with E-state index in [-0.39, 0.29) is 0 Å². The van der Waals surface area contributed by atoms with Crippen LogP contribution in [-0.4, -0.2) is 27.1 Å². The predicted molar refractivity (Wildman–Crippen MR) is 53.2 cm³/mol. The van der Waals surface area contributed by atoms with E-state index in [1.807, 2.05) is 31.2 Å². The molecule has 0 spiro atoms. The molecule has 4 heteroatoms. The molecule has 1 heterocycles. The van der Waals surface area contributed by atoms with Crippen molar-refractivity contribution in [3.05, 3.63) is 18.7 Å². The topological polar surface area (TPSA) is 43.8 Å². The molecule has 0 fully saturated rings. The van der Waals surface area contributed by atoms with Crippen LogP contribution < -0.4 is 5.73 Å². The van der Waals surface area contributed by atoms with Gasteiger partial charge in [0.15, 0.2) is 0 Å². The number of hydrogen-bond acceptors (Lipinski definition) is 3. The zero-order chi connectivity index (χ0) is 8.81. The van der Waals surface area contributed by atoms with Gasteiger partial charge in [0.05, 0.1) is 6.33 Å². The average molecular weight is 185 g/mol. The fraction of sp³-hybridized carbons (Fsp3) is 0.625.